The molecule has 0 amide bonds. The first kappa shape index (κ1) is 25.1. The van der Waals surface area contributed by atoms with Gasteiger partial charge < -0.3 is 5.11 Å². The highest BCUT2D eigenvalue weighted by atomic mass is 16.3. The Balaban J connectivity index is 1.55. The van der Waals surface area contributed by atoms with Crippen LogP contribution in [-0.4, -0.2) is 5.11 Å². The molecule has 0 radical (unpaired) electrons. The molecular weight excluding hydrogens is 496 g/mol. The van der Waals surface area contributed by atoms with Gasteiger partial charge in [-0.25, -0.2) is 0 Å². The van der Waals surface area contributed by atoms with Gasteiger partial charge in [-0.3, -0.25) is 0 Å². The van der Waals surface area contributed by atoms with Crippen LogP contribution in [0.5, 0.6) is 5.75 Å². The fourth-order valence-electron chi connectivity index (χ4n) is 6.99. The zero-order valence-corrected chi connectivity index (χ0v) is 23.9. The third kappa shape index (κ3) is 4.00. The lowest BCUT2D eigenvalue weighted by atomic mass is 9.81. The van der Waals surface area contributed by atoms with Crippen molar-refractivity contribution < 1.29 is 5.11 Å². The molecule has 0 aromatic heterocycles. The summed E-state index contributed by atoms with van der Waals surface area (Å²) in [6.07, 6.45) is 0. The Morgan fingerprint density at radius 1 is 0.390 bits per heavy atom. The molecule has 1 N–H and O–H groups in total. The molecule has 0 saturated heterocycles. The standard InChI is InChI=1S/C40H32O/c1-24-20-29(32-19-11-13-28-12-5-6-14-31(28)32)21-25(2)37(24)39-33-15-7-9-17-35(33)40(36-18-10-8-16-34(36)39)38-26(3)22-30(41)23-27(38)4/h5-23,41H,1-4H3. The van der Waals surface area contributed by atoms with Crippen LogP contribution in [-0.2, 0) is 0 Å². The van der Waals surface area contributed by atoms with Crippen LogP contribution in [0.3, 0.4) is 0 Å². The second-order valence-corrected chi connectivity index (χ2v) is 11.3. The molecule has 1 heteroatoms. The van der Waals surface area contributed by atoms with E-state index in [0.29, 0.717) is 5.75 Å². The average Bonchev–Trinajstić information content (AvgIpc) is 2.96. The Morgan fingerprint density at radius 2 is 0.780 bits per heavy atom. The molecule has 1 nitrogen and oxygen atoms in total. The van der Waals surface area contributed by atoms with Crippen molar-refractivity contribution in [1.29, 1.82) is 0 Å². The molecule has 198 valence electrons. The largest absolute Gasteiger partial charge is 0.508 e. The molecule has 7 aromatic rings. The van der Waals surface area contributed by atoms with E-state index in [9.17, 15) is 5.11 Å². The fourth-order valence-corrected chi connectivity index (χ4v) is 6.99. The Hall–Kier alpha value is -4.88. The van der Waals surface area contributed by atoms with Gasteiger partial charge in [0, 0.05) is 0 Å². The highest BCUT2D eigenvalue weighted by Crippen LogP contribution is 2.47. The minimum Gasteiger partial charge on any atom is -0.508 e. The minimum atomic E-state index is 0.312. The molecule has 7 rings (SSSR count). The number of phenolic OH excluding ortho intramolecular Hbond substituents is 1. The molecule has 0 aliphatic heterocycles. The molecule has 0 aliphatic rings. The summed E-state index contributed by atoms with van der Waals surface area (Å²) in [5.74, 6) is 0.312. The second kappa shape index (κ2) is 9.64. The van der Waals surface area contributed by atoms with E-state index in [0.717, 1.165) is 11.1 Å². The summed E-state index contributed by atoms with van der Waals surface area (Å²) in [6, 6.07) is 41.3. The molecule has 0 fully saturated rings. The smallest absolute Gasteiger partial charge is 0.116 e. The molecule has 0 aliphatic carbocycles. The van der Waals surface area contributed by atoms with Crippen molar-refractivity contribution in [2.45, 2.75) is 27.7 Å². The number of rotatable bonds is 3. The maximum atomic E-state index is 10.3. The number of hydrogen-bond acceptors (Lipinski definition) is 1. The zero-order valence-electron chi connectivity index (χ0n) is 23.9. The summed E-state index contributed by atoms with van der Waals surface area (Å²) < 4.78 is 0. The molecule has 0 spiro atoms. The van der Waals surface area contributed by atoms with Gasteiger partial charge in [0.25, 0.3) is 0 Å². The van der Waals surface area contributed by atoms with E-state index in [1.165, 1.54) is 76.8 Å². The van der Waals surface area contributed by atoms with Crippen molar-refractivity contribution in [3.8, 4) is 39.1 Å². The lowest BCUT2D eigenvalue weighted by molar-refractivity contribution is 0.474. The third-order valence-corrected chi connectivity index (χ3v) is 8.58. The number of hydrogen-bond donors (Lipinski definition) is 1. The van der Waals surface area contributed by atoms with Gasteiger partial charge >= 0.3 is 0 Å². The molecule has 0 saturated carbocycles. The maximum Gasteiger partial charge on any atom is 0.116 e. The molecule has 7 aromatic carbocycles. The minimum absolute atomic E-state index is 0.312. The van der Waals surface area contributed by atoms with Gasteiger partial charge in [-0.15, -0.1) is 0 Å². The molecule has 41 heavy (non-hydrogen) atoms. The lowest BCUT2D eigenvalue weighted by Crippen LogP contribution is -1.97. The third-order valence-electron chi connectivity index (χ3n) is 8.58. The Labute approximate surface area is 241 Å². The van der Waals surface area contributed by atoms with Gasteiger partial charge in [-0.2, -0.15) is 0 Å². The van der Waals surface area contributed by atoms with Crippen molar-refractivity contribution in [3.63, 3.8) is 0 Å². The maximum absolute atomic E-state index is 10.3. The van der Waals surface area contributed by atoms with Crippen LogP contribution in [0.25, 0.3) is 65.7 Å². The Bertz CT molecular complexity index is 2040. The van der Waals surface area contributed by atoms with Crippen LogP contribution >= 0.6 is 0 Å². The molecular formula is C40H32O. The summed E-state index contributed by atoms with van der Waals surface area (Å²) in [5, 5.41) is 17.8. The van der Waals surface area contributed by atoms with Gasteiger partial charge in [-0.1, -0.05) is 103 Å². The highest BCUT2D eigenvalue weighted by Gasteiger charge is 2.21. The lowest BCUT2D eigenvalue weighted by Gasteiger charge is -2.22. The van der Waals surface area contributed by atoms with E-state index in [-0.39, 0.29) is 0 Å². The van der Waals surface area contributed by atoms with Crippen molar-refractivity contribution in [3.05, 3.63) is 138 Å². The number of benzene rings is 7. The zero-order chi connectivity index (χ0) is 28.2. The van der Waals surface area contributed by atoms with Crippen molar-refractivity contribution in [2.75, 3.05) is 0 Å². The topological polar surface area (TPSA) is 20.2 Å². The van der Waals surface area contributed by atoms with Crippen molar-refractivity contribution in [2.24, 2.45) is 0 Å². The van der Waals surface area contributed by atoms with E-state index in [2.05, 4.69) is 131 Å². The Morgan fingerprint density at radius 3 is 1.27 bits per heavy atom. The number of fused-ring (bicyclic) bond motifs is 3. The SMILES string of the molecule is Cc1cc(O)cc(C)c1-c1c2ccccc2c(-c2c(C)cc(-c3cccc4ccccc34)cc2C)c2ccccc12. The molecule has 0 atom stereocenters. The predicted octanol–water partition coefficient (Wildman–Crippen LogP) is 11.1. The Kier molecular flexibility index (Phi) is 5.91. The van der Waals surface area contributed by atoms with Gasteiger partial charge in [0.15, 0.2) is 0 Å². The number of aromatic hydroxyl groups is 1. The first-order valence-electron chi connectivity index (χ1n) is 14.3. The van der Waals surface area contributed by atoms with E-state index >= 15 is 0 Å². The van der Waals surface area contributed by atoms with E-state index in [4.69, 9.17) is 0 Å². The van der Waals surface area contributed by atoms with Gasteiger partial charge in [0.05, 0.1) is 0 Å². The van der Waals surface area contributed by atoms with Crippen LogP contribution in [0.4, 0.5) is 0 Å². The number of phenols is 1. The van der Waals surface area contributed by atoms with Crippen molar-refractivity contribution in [1.82, 2.24) is 0 Å². The number of aryl methyl sites for hydroxylation is 4. The summed E-state index contributed by atoms with van der Waals surface area (Å²) in [7, 11) is 0. The first-order valence-corrected chi connectivity index (χ1v) is 14.3. The molecule has 0 heterocycles. The first-order chi connectivity index (χ1) is 19.9. The summed E-state index contributed by atoms with van der Waals surface area (Å²) >= 11 is 0. The highest BCUT2D eigenvalue weighted by molar-refractivity contribution is 6.22. The average molecular weight is 529 g/mol. The monoisotopic (exact) mass is 528 g/mol. The van der Waals surface area contributed by atoms with Gasteiger partial charge in [0.2, 0.25) is 0 Å². The summed E-state index contributed by atoms with van der Waals surface area (Å²) in [6.45, 7) is 8.70. The molecule has 0 unspecified atom stereocenters. The van der Waals surface area contributed by atoms with Crippen LogP contribution in [0.2, 0.25) is 0 Å². The van der Waals surface area contributed by atoms with Gasteiger partial charge in [-0.05, 0) is 128 Å². The van der Waals surface area contributed by atoms with Crippen molar-refractivity contribution >= 4 is 32.3 Å². The normalized spacial score (nSPS) is 11.5. The van der Waals surface area contributed by atoms with E-state index in [1.54, 1.807) is 0 Å². The van der Waals surface area contributed by atoms with Crippen LogP contribution < -0.4 is 0 Å². The van der Waals surface area contributed by atoms with Gasteiger partial charge in [0.1, 0.15) is 5.75 Å². The predicted molar refractivity (Wildman–Crippen MR) is 176 cm³/mol. The van der Waals surface area contributed by atoms with E-state index < -0.39 is 0 Å². The molecule has 0 bridgehead atoms. The van der Waals surface area contributed by atoms with Crippen LogP contribution in [0, 0.1) is 27.7 Å². The quantitative estimate of drug-likeness (QED) is 0.226. The van der Waals surface area contributed by atoms with E-state index in [1.807, 2.05) is 12.1 Å². The summed E-state index contributed by atoms with van der Waals surface area (Å²) in [5.41, 5.74) is 12.2. The fraction of sp³-hybridized carbons (Fsp3) is 0.100. The van der Waals surface area contributed by atoms with Crippen LogP contribution in [0.1, 0.15) is 22.3 Å². The van der Waals surface area contributed by atoms with Crippen LogP contribution in [0.15, 0.2) is 115 Å². The second-order valence-electron chi connectivity index (χ2n) is 11.3. The summed E-state index contributed by atoms with van der Waals surface area (Å²) in [4.78, 5) is 0.